The molecule has 0 saturated carbocycles. The third kappa shape index (κ3) is 2.89. The van der Waals surface area contributed by atoms with E-state index < -0.39 is 0 Å². The first-order valence-electron chi connectivity index (χ1n) is 6.69. The molecule has 108 valence electrons. The second kappa shape index (κ2) is 6.20. The van der Waals surface area contributed by atoms with Crippen molar-refractivity contribution in [2.75, 3.05) is 0 Å². The van der Waals surface area contributed by atoms with Gasteiger partial charge in [0.15, 0.2) is 0 Å². The van der Waals surface area contributed by atoms with Crippen LogP contribution in [-0.4, -0.2) is 14.9 Å². The summed E-state index contributed by atoms with van der Waals surface area (Å²) in [7, 11) is 0. The summed E-state index contributed by atoms with van der Waals surface area (Å²) in [6, 6.07) is 13.8. The van der Waals surface area contributed by atoms with E-state index >= 15 is 0 Å². The van der Waals surface area contributed by atoms with E-state index in [9.17, 15) is 5.11 Å². The van der Waals surface area contributed by atoms with Crippen molar-refractivity contribution in [3.05, 3.63) is 65.7 Å². The van der Waals surface area contributed by atoms with Crippen molar-refractivity contribution in [3.8, 4) is 5.69 Å². The monoisotopic (exact) mass is 300 g/mol. The molecule has 3 rings (SSSR count). The molecule has 1 N–H and O–H groups in total. The van der Waals surface area contributed by atoms with Gasteiger partial charge in [0.2, 0.25) is 0 Å². The standard InChI is InChI=1S/C16H16N2O2S/c1-12-15(10-19)16(21-11-14-8-5-9-20-14)18(17-12)13-6-3-2-4-7-13/h2-9,19H,10-11H2,1H3. The molecule has 0 saturated heterocycles. The predicted octanol–water partition coefficient (Wildman–Crippen LogP) is 3.56. The number of aromatic nitrogens is 2. The molecule has 3 aromatic rings. The first kappa shape index (κ1) is 14.0. The summed E-state index contributed by atoms with van der Waals surface area (Å²) in [5.41, 5.74) is 2.71. The fourth-order valence-electron chi connectivity index (χ4n) is 2.15. The number of hydrogen-bond donors (Lipinski definition) is 1. The molecule has 2 aromatic heterocycles. The maximum atomic E-state index is 9.63. The molecule has 2 heterocycles. The molecule has 0 bridgehead atoms. The van der Waals surface area contributed by atoms with Gasteiger partial charge in [-0.3, -0.25) is 0 Å². The summed E-state index contributed by atoms with van der Waals surface area (Å²) in [5, 5.41) is 15.1. The molecule has 5 heteroatoms. The number of aliphatic hydroxyl groups excluding tert-OH is 1. The Hall–Kier alpha value is -1.98. The van der Waals surface area contributed by atoms with E-state index in [1.165, 1.54) is 0 Å². The molecule has 0 spiro atoms. The minimum absolute atomic E-state index is 0.0147. The van der Waals surface area contributed by atoms with E-state index in [2.05, 4.69) is 5.10 Å². The van der Waals surface area contributed by atoms with Crippen molar-refractivity contribution in [1.82, 2.24) is 9.78 Å². The quantitative estimate of drug-likeness (QED) is 0.732. The highest BCUT2D eigenvalue weighted by molar-refractivity contribution is 7.98. The lowest BCUT2D eigenvalue weighted by Crippen LogP contribution is -1.99. The van der Waals surface area contributed by atoms with Crippen LogP contribution in [0.4, 0.5) is 0 Å². The third-order valence-electron chi connectivity index (χ3n) is 3.23. The molecule has 0 aliphatic carbocycles. The zero-order valence-electron chi connectivity index (χ0n) is 11.7. The van der Waals surface area contributed by atoms with Crippen LogP contribution in [0.2, 0.25) is 0 Å². The Bertz CT molecular complexity index is 705. The van der Waals surface area contributed by atoms with Gasteiger partial charge in [0.1, 0.15) is 10.8 Å². The SMILES string of the molecule is Cc1nn(-c2ccccc2)c(SCc2ccco2)c1CO. The van der Waals surface area contributed by atoms with E-state index in [0.717, 1.165) is 27.7 Å². The van der Waals surface area contributed by atoms with Crippen molar-refractivity contribution in [2.24, 2.45) is 0 Å². The van der Waals surface area contributed by atoms with Crippen LogP contribution in [0, 0.1) is 6.92 Å². The van der Waals surface area contributed by atoms with E-state index in [0.29, 0.717) is 5.75 Å². The summed E-state index contributed by atoms with van der Waals surface area (Å²) in [4.78, 5) is 0. The van der Waals surface area contributed by atoms with E-state index in [1.807, 2.05) is 54.1 Å². The summed E-state index contributed by atoms with van der Waals surface area (Å²) in [6.45, 7) is 1.90. The average Bonchev–Trinajstić information content (AvgIpc) is 3.13. The Morgan fingerprint density at radius 3 is 2.67 bits per heavy atom. The predicted molar refractivity (Wildman–Crippen MR) is 82.5 cm³/mol. The summed E-state index contributed by atoms with van der Waals surface area (Å²) in [6.07, 6.45) is 1.67. The number of aryl methyl sites for hydroxylation is 1. The summed E-state index contributed by atoms with van der Waals surface area (Å²) in [5.74, 6) is 1.61. The van der Waals surface area contributed by atoms with Crippen molar-refractivity contribution < 1.29 is 9.52 Å². The van der Waals surface area contributed by atoms with Crippen LogP contribution in [0.25, 0.3) is 5.69 Å². The van der Waals surface area contributed by atoms with Gasteiger partial charge in [-0.15, -0.1) is 0 Å². The Balaban J connectivity index is 1.96. The third-order valence-corrected chi connectivity index (χ3v) is 4.35. The molecule has 0 aliphatic rings. The lowest BCUT2D eigenvalue weighted by molar-refractivity contribution is 0.278. The van der Waals surface area contributed by atoms with Gasteiger partial charge < -0.3 is 9.52 Å². The van der Waals surface area contributed by atoms with Crippen LogP contribution in [0.1, 0.15) is 17.0 Å². The van der Waals surface area contributed by atoms with Crippen LogP contribution in [0.5, 0.6) is 0 Å². The van der Waals surface area contributed by atoms with Gasteiger partial charge in [-0.25, -0.2) is 4.68 Å². The Morgan fingerprint density at radius 2 is 2.00 bits per heavy atom. The molecule has 0 atom stereocenters. The topological polar surface area (TPSA) is 51.2 Å². The van der Waals surface area contributed by atoms with Crippen LogP contribution < -0.4 is 0 Å². The highest BCUT2D eigenvalue weighted by Crippen LogP contribution is 2.30. The maximum Gasteiger partial charge on any atom is 0.114 e. The van der Waals surface area contributed by atoms with Gasteiger partial charge in [-0.05, 0) is 31.2 Å². The largest absolute Gasteiger partial charge is 0.468 e. The molecule has 0 amide bonds. The number of nitrogens with zero attached hydrogens (tertiary/aromatic N) is 2. The number of thioether (sulfide) groups is 1. The Labute approximate surface area is 127 Å². The molecular formula is C16H16N2O2S. The van der Waals surface area contributed by atoms with Gasteiger partial charge in [0.05, 0.1) is 30.0 Å². The molecule has 0 radical (unpaired) electrons. The van der Waals surface area contributed by atoms with Crippen molar-refractivity contribution in [1.29, 1.82) is 0 Å². The minimum Gasteiger partial charge on any atom is -0.468 e. The number of para-hydroxylation sites is 1. The van der Waals surface area contributed by atoms with Crippen LogP contribution in [-0.2, 0) is 12.4 Å². The highest BCUT2D eigenvalue weighted by atomic mass is 32.2. The Morgan fingerprint density at radius 1 is 1.19 bits per heavy atom. The van der Waals surface area contributed by atoms with Crippen molar-refractivity contribution >= 4 is 11.8 Å². The zero-order valence-corrected chi connectivity index (χ0v) is 12.5. The first-order valence-corrected chi connectivity index (χ1v) is 7.68. The number of hydrogen-bond acceptors (Lipinski definition) is 4. The molecule has 21 heavy (non-hydrogen) atoms. The smallest absolute Gasteiger partial charge is 0.114 e. The molecule has 0 fully saturated rings. The second-order valence-corrected chi connectivity index (χ2v) is 5.61. The van der Waals surface area contributed by atoms with Gasteiger partial charge >= 0.3 is 0 Å². The average molecular weight is 300 g/mol. The normalized spacial score (nSPS) is 11.0. The molecule has 0 unspecified atom stereocenters. The fraction of sp³-hybridized carbons (Fsp3) is 0.188. The summed E-state index contributed by atoms with van der Waals surface area (Å²) >= 11 is 1.62. The molecular weight excluding hydrogens is 284 g/mol. The highest BCUT2D eigenvalue weighted by Gasteiger charge is 2.16. The van der Waals surface area contributed by atoms with E-state index in [1.54, 1.807) is 18.0 Å². The van der Waals surface area contributed by atoms with Gasteiger partial charge in [-0.1, -0.05) is 30.0 Å². The first-order chi connectivity index (χ1) is 10.3. The lowest BCUT2D eigenvalue weighted by atomic mass is 10.3. The van der Waals surface area contributed by atoms with Crippen LogP contribution in [0.3, 0.4) is 0 Å². The number of benzene rings is 1. The molecule has 4 nitrogen and oxygen atoms in total. The number of aliphatic hydroxyl groups is 1. The van der Waals surface area contributed by atoms with Crippen molar-refractivity contribution in [2.45, 2.75) is 24.3 Å². The van der Waals surface area contributed by atoms with Crippen molar-refractivity contribution in [3.63, 3.8) is 0 Å². The van der Waals surface area contributed by atoms with Gasteiger partial charge in [0, 0.05) is 5.56 Å². The fourth-order valence-corrected chi connectivity index (χ4v) is 3.25. The van der Waals surface area contributed by atoms with E-state index in [-0.39, 0.29) is 6.61 Å². The maximum absolute atomic E-state index is 9.63. The van der Waals surface area contributed by atoms with Gasteiger partial charge in [0.25, 0.3) is 0 Å². The number of rotatable bonds is 5. The number of furan rings is 1. The molecule has 0 aliphatic heterocycles. The van der Waals surface area contributed by atoms with Crippen LogP contribution >= 0.6 is 11.8 Å². The van der Waals surface area contributed by atoms with Crippen LogP contribution in [0.15, 0.2) is 58.2 Å². The molecule has 1 aromatic carbocycles. The van der Waals surface area contributed by atoms with Gasteiger partial charge in [-0.2, -0.15) is 5.10 Å². The summed E-state index contributed by atoms with van der Waals surface area (Å²) < 4.78 is 7.25. The van der Waals surface area contributed by atoms with E-state index in [4.69, 9.17) is 4.42 Å². The minimum atomic E-state index is -0.0147. The zero-order chi connectivity index (χ0) is 14.7. The second-order valence-electron chi connectivity index (χ2n) is 4.64. The Kier molecular flexibility index (Phi) is 4.13. The lowest BCUT2D eigenvalue weighted by Gasteiger charge is -2.07.